The second-order valence-electron chi connectivity index (χ2n) is 31.6. The van der Waals surface area contributed by atoms with Crippen LogP contribution >= 0.6 is 0 Å². The van der Waals surface area contributed by atoms with Gasteiger partial charge < -0.3 is 22.8 Å². The van der Waals surface area contributed by atoms with Crippen LogP contribution in [-0.4, -0.2) is 32.4 Å². The molecule has 0 amide bonds. The van der Waals surface area contributed by atoms with E-state index in [2.05, 4.69) is 419 Å². The summed E-state index contributed by atoms with van der Waals surface area (Å²) in [6.07, 6.45) is 6.92. The van der Waals surface area contributed by atoms with Crippen LogP contribution in [0.25, 0.3) is 177 Å². The minimum atomic E-state index is 0.316. The van der Waals surface area contributed by atoms with Crippen LogP contribution in [0.5, 0.6) is 0 Å². The lowest BCUT2D eigenvalue weighted by molar-refractivity contribution is 0.545. The molecule has 0 N–H and O–H groups in total. The Bertz CT molecular complexity index is 7620. The summed E-state index contributed by atoms with van der Waals surface area (Å²) in [5.41, 5.74) is 32.5. The monoisotopic (exact) mass is 1480 g/mol. The summed E-state index contributed by atoms with van der Waals surface area (Å²) in [6, 6.07) is 133. The molecule has 0 aliphatic rings. The lowest BCUT2D eigenvalue weighted by Gasteiger charge is -2.21. The maximum atomic E-state index is 5.01. The standard InChI is InChI=1S/C108H81N7/c1-5-74(78-46-51-106-93(65-78)89-37-16-21-44-101(89)115(106)86-34-24-26-76(63-86)79-47-52-102-94(66-79)88-36-12-17-40-97(88)111(102)82-28-8-6-9-29-82)59-69(2)75-45-50-104-92(64-75)87-35-14-20-43-100(87)114(104)85-33-23-27-77(62-85)80-48-53-105-95(67-80)90-38-15-19-42-99(90)113(105)84-32-22-25-72(61-84)60-73-57-70(3)107(71(4)58-73)110-56-55-109-108(110)81-49-54-103-96(68-81)91-39-13-18-41-98(91)112(103)83-30-10-7-11-31-83/h6-58,61-69,74H,5,59-60H2,1-4H3. The second kappa shape index (κ2) is 27.3. The van der Waals surface area contributed by atoms with Gasteiger partial charge in [-0.25, -0.2) is 4.98 Å². The number of aromatic nitrogens is 7. The Balaban J connectivity index is 0.530. The van der Waals surface area contributed by atoms with Crippen molar-refractivity contribution < 1.29 is 0 Å². The molecule has 6 aromatic heterocycles. The van der Waals surface area contributed by atoms with Crippen LogP contribution in [0, 0.1) is 13.8 Å². The Hall–Kier alpha value is -14.3. The van der Waals surface area contributed by atoms with Gasteiger partial charge in [0.05, 0.1) is 60.9 Å². The molecular weight excluding hydrogens is 1400 g/mol. The van der Waals surface area contributed by atoms with Crippen molar-refractivity contribution >= 4 is 109 Å². The van der Waals surface area contributed by atoms with E-state index in [0.717, 1.165) is 59.1 Å². The molecule has 115 heavy (non-hydrogen) atoms. The van der Waals surface area contributed by atoms with E-state index in [4.69, 9.17) is 4.98 Å². The van der Waals surface area contributed by atoms with Gasteiger partial charge >= 0.3 is 0 Å². The average Bonchev–Trinajstić information content (AvgIpc) is 1.62. The van der Waals surface area contributed by atoms with E-state index in [9.17, 15) is 0 Å². The number of nitrogens with zero attached hydrogens (tertiary/aromatic N) is 7. The van der Waals surface area contributed by atoms with Gasteiger partial charge in [-0.3, -0.25) is 4.57 Å². The topological polar surface area (TPSA) is 42.5 Å². The Kier molecular flexibility index (Phi) is 16.0. The molecule has 0 saturated heterocycles. The van der Waals surface area contributed by atoms with Crippen molar-refractivity contribution in [2.24, 2.45) is 0 Å². The zero-order valence-electron chi connectivity index (χ0n) is 64.6. The number of imidazole rings is 1. The maximum Gasteiger partial charge on any atom is 0.144 e. The Morgan fingerprint density at radius 1 is 0.278 bits per heavy atom. The number of benzene rings is 16. The molecule has 0 fully saturated rings. The summed E-state index contributed by atoms with van der Waals surface area (Å²) in [6.45, 7) is 9.28. The smallest absolute Gasteiger partial charge is 0.144 e. The van der Waals surface area contributed by atoms with Crippen LogP contribution in [0.1, 0.15) is 71.9 Å². The Morgan fingerprint density at radius 3 is 1.09 bits per heavy atom. The summed E-state index contributed by atoms with van der Waals surface area (Å²) in [5.74, 6) is 1.61. The molecule has 6 heterocycles. The molecule has 2 unspecified atom stereocenters. The van der Waals surface area contributed by atoms with E-state index >= 15 is 0 Å². The number of hydrogen-bond donors (Lipinski definition) is 0. The summed E-state index contributed by atoms with van der Waals surface area (Å²) < 4.78 is 14.4. The predicted molar refractivity (Wildman–Crippen MR) is 483 cm³/mol. The van der Waals surface area contributed by atoms with Gasteiger partial charge in [0.25, 0.3) is 0 Å². The van der Waals surface area contributed by atoms with Gasteiger partial charge in [-0.05, 0) is 258 Å². The third-order valence-corrected chi connectivity index (χ3v) is 24.8. The lowest BCUT2D eigenvalue weighted by Crippen LogP contribution is -2.04. The van der Waals surface area contributed by atoms with Crippen molar-refractivity contribution in [3.8, 4) is 67.8 Å². The van der Waals surface area contributed by atoms with Crippen molar-refractivity contribution in [1.29, 1.82) is 0 Å². The van der Waals surface area contributed by atoms with Gasteiger partial charge in [0.2, 0.25) is 0 Å². The van der Waals surface area contributed by atoms with E-state index in [1.54, 1.807) is 0 Å². The largest absolute Gasteiger partial charge is 0.309 e. The highest BCUT2D eigenvalue weighted by Crippen LogP contribution is 2.45. The molecule has 7 heteroatoms. The summed E-state index contributed by atoms with van der Waals surface area (Å²) in [4.78, 5) is 5.01. The van der Waals surface area contributed by atoms with Gasteiger partial charge in [0.15, 0.2) is 0 Å². The molecule has 16 aromatic carbocycles. The number of fused-ring (bicyclic) bond motifs is 15. The maximum absolute atomic E-state index is 5.01. The molecule has 22 aromatic rings. The number of aryl methyl sites for hydroxylation is 2. The first-order valence-corrected chi connectivity index (χ1v) is 40.4. The molecule has 0 saturated carbocycles. The molecule has 2 atom stereocenters. The van der Waals surface area contributed by atoms with Gasteiger partial charge in [-0.1, -0.05) is 214 Å². The van der Waals surface area contributed by atoms with Gasteiger partial charge in [-0.2, -0.15) is 0 Å². The van der Waals surface area contributed by atoms with Gasteiger partial charge in [-0.15, -0.1) is 0 Å². The zero-order chi connectivity index (χ0) is 76.5. The van der Waals surface area contributed by atoms with Crippen molar-refractivity contribution in [2.75, 3.05) is 0 Å². The fourth-order valence-corrected chi connectivity index (χ4v) is 19.5. The number of hydrogen-bond acceptors (Lipinski definition) is 1. The molecule has 7 nitrogen and oxygen atoms in total. The summed E-state index contributed by atoms with van der Waals surface area (Å²) in [7, 11) is 0. The van der Waals surface area contributed by atoms with Crippen molar-refractivity contribution in [3.05, 3.63) is 404 Å². The van der Waals surface area contributed by atoms with E-state index in [1.807, 2.05) is 6.20 Å². The van der Waals surface area contributed by atoms with Gasteiger partial charge in [0.1, 0.15) is 5.82 Å². The highest BCUT2D eigenvalue weighted by molar-refractivity contribution is 6.15. The van der Waals surface area contributed by atoms with E-state index in [-0.39, 0.29) is 0 Å². The lowest BCUT2D eigenvalue weighted by atomic mass is 9.84. The van der Waals surface area contributed by atoms with Crippen LogP contribution in [0.3, 0.4) is 0 Å². The highest BCUT2D eigenvalue weighted by Gasteiger charge is 2.25. The van der Waals surface area contributed by atoms with Crippen molar-refractivity contribution in [2.45, 2.75) is 58.8 Å². The first kappa shape index (κ1) is 67.6. The summed E-state index contributed by atoms with van der Waals surface area (Å²) >= 11 is 0. The molecule has 0 aliphatic heterocycles. The fraction of sp³-hybridized carbons (Fsp3) is 0.0833. The molecule has 0 radical (unpaired) electrons. The van der Waals surface area contributed by atoms with E-state index < -0.39 is 0 Å². The fourth-order valence-electron chi connectivity index (χ4n) is 19.5. The third kappa shape index (κ3) is 11.2. The summed E-state index contributed by atoms with van der Waals surface area (Å²) in [5, 5.41) is 12.5. The first-order chi connectivity index (χ1) is 56.7. The van der Waals surface area contributed by atoms with E-state index in [0.29, 0.717) is 11.8 Å². The highest BCUT2D eigenvalue weighted by atomic mass is 15.1. The minimum Gasteiger partial charge on any atom is -0.309 e. The van der Waals surface area contributed by atoms with Crippen LogP contribution in [-0.2, 0) is 6.42 Å². The quantitative estimate of drug-likeness (QED) is 0.0951. The average molecular weight is 1480 g/mol. The van der Waals surface area contributed by atoms with E-state index in [1.165, 1.54) is 170 Å². The molecule has 22 rings (SSSR count). The number of rotatable bonds is 16. The van der Waals surface area contributed by atoms with Crippen LogP contribution in [0.15, 0.2) is 370 Å². The predicted octanol–water partition coefficient (Wildman–Crippen LogP) is 28.3. The van der Waals surface area contributed by atoms with Crippen LogP contribution in [0.2, 0.25) is 0 Å². The normalized spacial score (nSPS) is 12.6. The Morgan fingerprint density at radius 2 is 0.626 bits per heavy atom. The Labute approximate surface area is 667 Å². The molecular formula is C108H81N7. The van der Waals surface area contributed by atoms with Crippen LogP contribution in [0.4, 0.5) is 0 Å². The van der Waals surface area contributed by atoms with Crippen LogP contribution < -0.4 is 0 Å². The molecule has 548 valence electrons. The van der Waals surface area contributed by atoms with Crippen molar-refractivity contribution in [1.82, 2.24) is 32.4 Å². The molecule has 0 spiro atoms. The minimum absolute atomic E-state index is 0.316. The van der Waals surface area contributed by atoms with Gasteiger partial charge in [0, 0.05) is 100 Å². The molecule has 0 bridgehead atoms. The number of para-hydroxylation sites is 7. The van der Waals surface area contributed by atoms with Crippen molar-refractivity contribution in [3.63, 3.8) is 0 Å². The zero-order valence-corrected chi connectivity index (χ0v) is 64.6. The second-order valence-corrected chi connectivity index (χ2v) is 31.6. The third-order valence-electron chi connectivity index (χ3n) is 24.8. The first-order valence-electron chi connectivity index (χ1n) is 40.4. The SMILES string of the molecule is CCC(CC(C)c1ccc2c(c1)c1ccccc1n2-c1cccc(-c2ccc3c(c2)c2ccccc2n3-c2cccc(Cc3cc(C)c(-n4ccnc4-c4ccc5c(c4)c4ccccc4n5-c4ccccc4)c(C)c3)c2)c1)c1ccc2c(c1)c1ccccc1n2-c1cccc(-c2ccc3c(c2)c2ccccc2n3-c2ccccc2)c1. The molecule has 0 aliphatic carbocycles.